The van der Waals surface area contributed by atoms with Gasteiger partial charge in [-0.1, -0.05) is 43.0 Å². The third-order valence-corrected chi connectivity index (χ3v) is 9.74. The largest absolute Gasteiger partial charge is 0.481 e. The summed E-state index contributed by atoms with van der Waals surface area (Å²) in [5.74, 6) is 0.871. The normalized spacial score (nSPS) is 31.8. The first-order chi connectivity index (χ1) is 18.5. The number of fused-ring (bicyclic) bond motifs is 5. The SMILES string of the molecule is CO/N=C(\CCC(=O)O)c1nc2ccccc2n(C2C[C@H]3CCC[C@@H](C2)N3C2CC3CCC[C@H](C3)C2)c1=O. The molecule has 8 heteroatoms. The maximum absolute atomic E-state index is 14.1. The Morgan fingerprint density at radius 1 is 0.947 bits per heavy atom. The van der Waals surface area contributed by atoms with E-state index < -0.39 is 5.97 Å². The quantitative estimate of drug-likeness (QED) is 0.401. The first-order valence-electron chi connectivity index (χ1n) is 14.6. The van der Waals surface area contributed by atoms with Crippen molar-refractivity contribution in [2.24, 2.45) is 17.0 Å². The average Bonchev–Trinajstić information content (AvgIpc) is 2.90. The highest BCUT2D eigenvalue weighted by molar-refractivity contribution is 6.00. The Balaban J connectivity index is 1.35. The molecule has 2 aromatic rings. The zero-order valence-electron chi connectivity index (χ0n) is 22.4. The van der Waals surface area contributed by atoms with Gasteiger partial charge in [-0.3, -0.25) is 14.5 Å². The number of carbonyl (C=O) groups is 1. The zero-order chi connectivity index (χ0) is 26.2. The van der Waals surface area contributed by atoms with Crippen molar-refractivity contribution in [1.82, 2.24) is 14.5 Å². The molecular weight excluding hydrogens is 480 g/mol. The molecule has 1 N–H and O–H groups in total. The minimum atomic E-state index is -0.943. The summed E-state index contributed by atoms with van der Waals surface area (Å²) >= 11 is 0. The molecule has 1 aromatic heterocycles. The topological polar surface area (TPSA) is 97.0 Å². The molecule has 1 aromatic carbocycles. The molecule has 2 aliphatic heterocycles. The fourth-order valence-electron chi connectivity index (χ4n) is 8.38. The average molecular weight is 521 g/mol. The van der Waals surface area contributed by atoms with Crippen LogP contribution in [0.3, 0.4) is 0 Å². The van der Waals surface area contributed by atoms with Crippen molar-refractivity contribution in [3.05, 3.63) is 40.3 Å². The number of hydrogen-bond acceptors (Lipinski definition) is 6. The summed E-state index contributed by atoms with van der Waals surface area (Å²) < 4.78 is 1.96. The predicted molar refractivity (Wildman–Crippen MR) is 146 cm³/mol. The summed E-state index contributed by atoms with van der Waals surface area (Å²) in [6.07, 6.45) is 14.0. The van der Waals surface area contributed by atoms with E-state index in [1.807, 2.05) is 28.8 Å². The second-order valence-corrected chi connectivity index (χ2v) is 12.1. The van der Waals surface area contributed by atoms with Gasteiger partial charge < -0.3 is 14.5 Å². The number of carboxylic acids is 1. The van der Waals surface area contributed by atoms with Gasteiger partial charge in [0.15, 0.2) is 5.69 Å². The Kier molecular flexibility index (Phi) is 7.25. The molecule has 6 atom stereocenters. The summed E-state index contributed by atoms with van der Waals surface area (Å²) in [6, 6.07) is 9.62. The van der Waals surface area contributed by atoms with Crippen LogP contribution in [0, 0.1) is 11.8 Å². The van der Waals surface area contributed by atoms with Gasteiger partial charge in [0.1, 0.15) is 12.8 Å². The molecule has 38 heavy (non-hydrogen) atoms. The van der Waals surface area contributed by atoms with E-state index in [4.69, 9.17) is 4.84 Å². The molecule has 0 radical (unpaired) electrons. The van der Waals surface area contributed by atoms with Crippen molar-refractivity contribution in [3.63, 3.8) is 0 Å². The van der Waals surface area contributed by atoms with Crippen LogP contribution in [0.1, 0.15) is 95.2 Å². The molecule has 4 bridgehead atoms. The molecule has 2 saturated carbocycles. The van der Waals surface area contributed by atoms with Crippen molar-refractivity contribution in [2.75, 3.05) is 7.11 Å². The lowest BCUT2D eigenvalue weighted by molar-refractivity contribution is -0.136. The number of rotatable bonds is 7. The third-order valence-electron chi connectivity index (χ3n) is 9.74. The van der Waals surface area contributed by atoms with E-state index in [-0.39, 0.29) is 30.1 Å². The van der Waals surface area contributed by atoms with Gasteiger partial charge in [0, 0.05) is 30.6 Å². The lowest BCUT2D eigenvalue weighted by Gasteiger charge is -2.55. The molecule has 2 aliphatic carbocycles. The van der Waals surface area contributed by atoms with E-state index in [1.54, 1.807) is 0 Å². The fraction of sp³-hybridized carbons (Fsp3) is 0.667. The number of aliphatic carboxylic acids is 1. The molecule has 204 valence electrons. The van der Waals surface area contributed by atoms with Gasteiger partial charge in [-0.25, -0.2) is 4.98 Å². The minimum absolute atomic E-state index is 0.0899. The van der Waals surface area contributed by atoms with Crippen LogP contribution < -0.4 is 5.56 Å². The van der Waals surface area contributed by atoms with Crippen LogP contribution >= 0.6 is 0 Å². The number of piperidine rings is 2. The summed E-state index contributed by atoms with van der Waals surface area (Å²) in [5, 5.41) is 13.3. The Labute approximate surface area is 224 Å². The van der Waals surface area contributed by atoms with Gasteiger partial charge in [-0.05, 0) is 68.9 Å². The van der Waals surface area contributed by atoms with Crippen molar-refractivity contribution < 1.29 is 14.7 Å². The van der Waals surface area contributed by atoms with E-state index in [9.17, 15) is 14.7 Å². The maximum atomic E-state index is 14.1. The molecule has 0 amide bonds. The van der Waals surface area contributed by atoms with Crippen LogP contribution in [0.5, 0.6) is 0 Å². The monoisotopic (exact) mass is 520 g/mol. The van der Waals surface area contributed by atoms with E-state index in [1.165, 1.54) is 64.9 Å². The molecule has 4 fully saturated rings. The number of carboxylic acid groups (broad SMARTS) is 1. The molecule has 3 heterocycles. The van der Waals surface area contributed by atoms with E-state index >= 15 is 0 Å². The zero-order valence-corrected chi connectivity index (χ0v) is 22.4. The van der Waals surface area contributed by atoms with E-state index in [0.29, 0.717) is 23.8 Å². The second-order valence-electron chi connectivity index (χ2n) is 12.1. The van der Waals surface area contributed by atoms with Gasteiger partial charge >= 0.3 is 5.97 Å². The molecule has 8 nitrogen and oxygen atoms in total. The maximum Gasteiger partial charge on any atom is 0.303 e. The van der Waals surface area contributed by atoms with Gasteiger partial charge in [0.25, 0.3) is 5.56 Å². The molecule has 3 unspecified atom stereocenters. The van der Waals surface area contributed by atoms with Crippen molar-refractivity contribution in [1.29, 1.82) is 0 Å². The number of benzene rings is 1. The molecule has 6 rings (SSSR count). The Morgan fingerprint density at radius 3 is 2.32 bits per heavy atom. The third kappa shape index (κ3) is 4.88. The standard InChI is InChI=1S/C30H40N4O4/c1-38-32-26(12-13-28(35)36)29-30(37)34(27-11-3-2-10-25(27)31-29)24-17-21-8-5-9-22(18-24)33(21)23-15-19-6-4-7-20(14-19)16-23/h2-3,10-11,19-24H,4-9,12-18H2,1H3,(H,35,36)/b32-26+/t19-,20?,21-,22+,23?,24?/m1/s1. The molecular formula is C30H40N4O4. The van der Waals surface area contributed by atoms with Crippen LogP contribution in [-0.4, -0.2) is 56.5 Å². The lowest BCUT2D eigenvalue weighted by atomic mass is 9.68. The van der Waals surface area contributed by atoms with Gasteiger partial charge in [-0.2, -0.15) is 0 Å². The number of hydrogen-bond donors (Lipinski definition) is 1. The van der Waals surface area contributed by atoms with Crippen LogP contribution in [0.2, 0.25) is 0 Å². The van der Waals surface area contributed by atoms with Crippen LogP contribution in [0.4, 0.5) is 0 Å². The number of aromatic nitrogens is 2. The van der Waals surface area contributed by atoms with E-state index in [2.05, 4.69) is 15.0 Å². The Bertz CT molecular complexity index is 1250. The van der Waals surface area contributed by atoms with Crippen molar-refractivity contribution in [2.45, 2.75) is 108 Å². The Hall–Kier alpha value is -2.74. The molecule has 0 spiro atoms. The van der Waals surface area contributed by atoms with Crippen LogP contribution in [-0.2, 0) is 9.63 Å². The Morgan fingerprint density at radius 2 is 1.63 bits per heavy atom. The number of para-hydroxylation sites is 2. The fourth-order valence-corrected chi connectivity index (χ4v) is 8.38. The van der Waals surface area contributed by atoms with Gasteiger partial charge in [-0.15, -0.1) is 0 Å². The highest BCUT2D eigenvalue weighted by Crippen LogP contribution is 2.47. The molecule has 2 saturated heterocycles. The summed E-state index contributed by atoms with van der Waals surface area (Å²) in [4.78, 5) is 38.0. The highest BCUT2D eigenvalue weighted by Gasteiger charge is 2.45. The summed E-state index contributed by atoms with van der Waals surface area (Å²) in [6.45, 7) is 0. The molecule has 4 aliphatic rings. The van der Waals surface area contributed by atoms with E-state index in [0.717, 1.165) is 35.7 Å². The summed E-state index contributed by atoms with van der Waals surface area (Å²) in [7, 11) is 1.41. The predicted octanol–water partition coefficient (Wildman–Crippen LogP) is 5.14. The number of oxime groups is 1. The summed E-state index contributed by atoms with van der Waals surface area (Å²) in [5.41, 5.74) is 1.90. The minimum Gasteiger partial charge on any atom is -0.481 e. The van der Waals surface area contributed by atoms with Crippen LogP contribution in [0.25, 0.3) is 11.0 Å². The smallest absolute Gasteiger partial charge is 0.303 e. The highest BCUT2D eigenvalue weighted by atomic mass is 16.6. The van der Waals surface area contributed by atoms with Gasteiger partial charge in [0.05, 0.1) is 17.5 Å². The van der Waals surface area contributed by atoms with Crippen molar-refractivity contribution >= 4 is 22.7 Å². The first kappa shape index (κ1) is 25.5. The van der Waals surface area contributed by atoms with Crippen LogP contribution in [0.15, 0.2) is 34.2 Å². The van der Waals surface area contributed by atoms with Crippen molar-refractivity contribution in [3.8, 4) is 0 Å². The second kappa shape index (κ2) is 10.8. The van der Waals surface area contributed by atoms with Gasteiger partial charge in [0.2, 0.25) is 0 Å². The first-order valence-corrected chi connectivity index (χ1v) is 14.6. The lowest BCUT2D eigenvalue weighted by Crippen LogP contribution is -2.58. The number of nitrogens with zero attached hydrogens (tertiary/aromatic N) is 4.